The van der Waals surface area contributed by atoms with Crippen molar-refractivity contribution in [1.82, 2.24) is 0 Å². The maximum atomic E-state index is 11.4. The molecule has 1 spiro atoms. The van der Waals surface area contributed by atoms with E-state index in [4.69, 9.17) is 0 Å². The molecule has 6 rings (SSSR count). The molecule has 6 aliphatic rings. The van der Waals surface area contributed by atoms with Crippen molar-refractivity contribution in [2.45, 2.75) is 142 Å². The largest absolute Gasteiger partial charge is 0.390 e. The van der Waals surface area contributed by atoms with Gasteiger partial charge in [-0.2, -0.15) is 0 Å². The Hall–Kier alpha value is -0.340. The number of fused-ring (bicyclic) bond motifs is 5. The number of rotatable bonds is 4. The van der Waals surface area contributed by atoms with Crippen LogP contribution in [0.5, 0.6) is 0 Å². The van der Waals surface area contributed by atoms with Crippen LogP contribution in [0.2, 0.25) is 0 Å². The maximum Gasteiger partial charge on any atom is 0.0657 e. The van der Waals surface area contributed by atoms with Gasteiger partial charge < -0.3 is 10.2 Å². The molecule has 2 heteroatoms. The minimum atomic E-state index is -0.495. The van der Waals surface area contributed by atoms with Gasteiger partial charge in [0.05, 0.1) is 11.2 Å². The van der Waals surface area contributed by atoms with Crippen LogP contribution >= 0.6 is 0 Å². The lowest BCUT2D eigenvalue weighted by molar-refractivity contribution is -0.0739. The highest BCUT2D eigenvalue weighted by Gasteiger charge is 2.61. The summed E-state index contributed by atoms with van der Waals surface area (Å²) in [6.07, 6.45) is 20.8. The molecule has 198 valence electrons. The van der Waals surface area contributed by atoms with Crippen LogP contribution in [0.25, 0.3) is 0 Å². The van der Waals surface area contributed by atoms with Gasteiger partial charge in [0.1, 0.15) is 0 Å². The fourth-order valence-electron chi connectivity index (χ4n) is 11.3. The Morgan fingerprint density at radius 1 is 0.914 bits per heavy atom. The van der Waals surface area contributed by atoms with Crippen molar-refractivity contribution < 1.29 is 10.2 Å². The highest BCUT2D eigenvalue weighted by Crippen LogP contribution is 2.69. The lowest BCUT2D eigenvalue weighted by Gasteiger charge is -2.59. The molecule has 5 saturated carbocycles. The van der Waals surface area contributed by atoms with Crippen LogP contribution in [0, 0.1) is 51.8 Å². The van der Waals surface area contributed by atoms with E-state index in [9.17, 15) is 10.2 Å². The van der Waals surface area contributed by atoms with Gasteiger partial charge in [-0.15, -0.1) is 0 Å². The molecule has 0 aromatic heterocycles. The molecule has 2 nitrogen and oxygen atoms in total. The van der Waals surface area contributed by atoms with Gasteiger partial charge in [-0.05, 0) is 155 Å². The summed E-state index contributed by atoms with van der Waals surface area (Å²) >= 11 is 0. The average molecular weight is 483 g/mol. The minimum absolute atomic E-state index is 0.322. The van der Waals surface area contributed by atoms with Gasteiger partial charge in [0, 0.05) is 0 Å². The Morgan fingerprint density at radius 2 is 1.60 bits per heavy atom. The molecule has 5 fully saturated rings. The molecule has 0 aromatic carbocycles. The van der Waals surface area contributed by atoms with Crippen LogP contribution in [0.15, 0.2) is 11.6 Å². The molecule has 9 atom stereocenters. The fourth-order valence-corrected chi connectivity index (χ4v) is 11.3. The summed E-state index contributed by atoms with van der Waals surface area (Å²) in [5.74, 6) is 4.83. The number of allylic oxidation sites excluding steroid dienone is 1. The third-order valence-electron chi connectivity index (χ3n) is 13.7. The SMILES string of the molecule is CC1C[C@H]2[C@@H]3CC=C4C[C@@](C)(O)CC[C@]4(C)[C@H]3CC[C@]2(C)[C@H]1[C@H](C)CCC1(O)CCC2(CC1)CC2. The summed E-state index contributed by atoms with van der Waals surface area (Å²) in [4.78, 5) is 0. The molecule has 0 amide bonds. The predicted octanol–water partition coefficient (Wildman–Crippen LogP) is 8.06. The summed E-state index contributed by atoms with van der Waals surface area (Å²) in [7, 11) is 0. The second-order valence-electron chi connectivity index (χ2n) is 16.0. The first-order chi connectivity index (χ1) is 16.4. The molecule has 35 heavy (non-hydrogen) atoms. The molecule has 0 aromatic rings. The van der Waals surface area contributed by atoms with E-state index in [0.717, 1.165) is 61.7 Å². The van der Waals surface area contributed by atoms with Crippen LogP contribution in [0.4, 0.5) is 0 Å². The standard InChI is InChI=1S/C33H54O2/c1-22(8-11-33(35)18-16-32(14-15-32)17-19-33)28-23(2)20-27-25-7-6-24-21-29(3,34)12-13-30(24,4)26(25)9-10-31(27,28)5/h6,22-23,25-28,34-35H,7-21H2,1-5H3/t22-,23?,25-,26+,27+,28+,29+,30+,31+/m1/s1. The zero-order valence-corrected chi connectivity index (χ0v) is 23.5. The van der Waals surface area contributed by atoms with E-state index in [2.05, 4.69) is 40.7 Å². The lowest BCUT2D eigenvalue weighted by Crippen LogP contribution is -2.52. The summed E-state index contributed by atoms with van der Waals surface area (Å²) in [5, 5.41) is 22.2. The molecule has 0 bridgehead atoms. The smallest absolute Gasteiger partial charge is 0.0657 e. The van der Waals surface area contributed by atoms with E-state index in [0.29, 0.717) is 22.2 Å². The van der Waals surface area contributed by atoms with Crippen molar-refractivity contribution >= 4 is 0 Å². The average Bonchev–Trinajstić information content (AvgIpc) is 3.50. The van der Waals surface area contributed by atoms with Crippen LogP contribution < -0.4 is 0 Å². The molecule has 1 unspecified atom stereocenters. The van der Waals surface area contributed by atoms with E-state index >= 15 is 0 Å². The Balaban J connectivity index is 1.16. The third kappa shape index (κ3) is 4.02. The fraction of sp³-hybridized carbons (Fsp3) is 0.939. The molecular weight excluding hydrogens is 428 g/mol. The van der Waals surface area contributed by atoms with Crippen LogP contribution in [0.1, 0.15) is 131 Å². The predicted molar refractivity (Wildman–Crippen MR) is 144 cm³/mol. The van der Waals surface area contributed by atoms with Crippen LogP contribution in [-0.2, 0) is 0 Å². The number of hydrogen-bond donors (Lipinski definition) is 2. The first-order valence-corrected chi connectivity index (χ1v) is 15.5. The van der Waals surface area contributed by atoms with Crippen molar-refractivity contribution in [3.05, 3.63) is 11.6 Å². The molecule has 2 N–H and O–H groups in total. The Morgan fingerprint density at radius 3 is 2.29 bits per heavy atom. The van der Waals surface area contributed by atoms with Gasteiger partial charge in [-0.1, -0.05) is 39.3 Å². The number of aliphatic hydroxyl groups is 2. The zero-order valence-electron chi connectivity index (χ0n) is 23.5. The quantitative estimate of drug-likeness (QED) is 0.398. The molecule has 6 aliphatic carbocycles. The van der Waals surface area contributed by atoms with Crippen LogP contribution in [-0.4, -0.2) is 21.4 Å². The highest BCUT2D eigenvalue weighted by molar-refractivity contribution is 5.27. The topological polar surface area (TPSA) is 40.5 Å². The summed E-state index contributed by atoms with van der Waals surface area (Å²) in [6, 6.07) is 0. The lowest BCUT2D eigenvalue weighted by atomic mass is 9.46. The normalized spacial score (nSPS) is 50.6. The van der Waals surface area contributed by atoms with Crippen molar-refractivity contribution in [1.29, 1.82) is 0 Å². The molecule has 0 heterocycles. The zero-order chi connectivity index (χ0) is 24.9. The molecule has 0 saturated heterocycles. The molecule has 0 radical (unpaired) electrons. The van der Waals surface area contributed by atoms with E-state index in [-0.39, 0.29) is 5.60 Å². The monoisotopic (exact) mass is 482 g/mol. The Kier molecular flexibility index (Phi) is 5.76. The highest BCUT2D eigenvalue weighted by atomic mass is 16.3. The second-order valence-corrected chi connectivity index (χ2v) is 16.0. The molecular formula is C33H54O2. The maximum absolute atomic E-state index is 11.4. The van der Waals surface area contributed by atoms with Gasteiger partial charge >= 0.3 is 0 Å². The first-order valence-electron chi connectivity index (χ1n) is 15.5. The van der Waals surface area contributed by atoms with E-state index < -0.39 is 5.60 Å². The number of hydrogen-bond acceptors (Lipinski definition) is 2. The Labute approximate surface area is 215 Å². The van der Waals surface area contributed by atoms with Crippen molar-refractivity contribution in [2.24, 2.45) is 51.8 Å². The van der Waals surface area contributed by atoms with Gasteiger partial charge in [-0.25, -0.2) is 0 Å². The van der Waals surface area contributed by atoms with Crippen molar-refractivity contribution in [2.75, 3.05) is 0 Å². The van der Waals surface area contributed by atoms with Gasteiger partial charge in [0.15, 0.2) is 0 Å². The third-order valence-corrected chi connectivity index (χ3v) is 13.7. The van der Waals surface area contributed by atoms with Crippen molar-refractivity contribution in [3.63, 3.8) is 0 Å². The second kappa shape index (κ2) is 8.08. The van der Waals surface area contributed by atoms with E-state index in [1.165, 1.54) is 64.2 Å². The van der Waals surface area contributed by atoms with Gasteiger partial charge in [-0.3, -0.25) is 0 Å². The van der Waals surface area contributed by atoms with Crippen LogP contribution in [0.3, 0.4) is 0 Å². The van der Waals surface area contributed by atoms with E-state index in [1.54, 1.807) is 5.57 Å². The Bertz CT molecular complexity index is 856. The minimum Gasteiger partial charge on any atom is -0.390 e. The first kappa shape index (κ1) is 25.0. The van der Waals surface area contributed by atoms with Gasteiger partial charge in [0.25, 0.3) is 0 Å². The van der Waals surface area contributed by atoms with Gasteiger partial charge in [0.2, 0.25) is 0 Å². The summed E-state index contributed by atoms with van der Waals surface area (Å²) in [5.41, 5.74) is 2.17. The summed E-state index contributed by atoms with van der Waals surface area (Å²) < 4.78 is 0. The summed E-state index contributed by atoms with van der Waals surface area (Å²) in [6.45, 7) is 12.4. The van der Waals surface area contributed by atoms with E-state index in [1.807, 2.05) is 0 Å². The molecule has 0 aliphatic heterocycles. The van der Waals surface area contributed by atoms with Crippen molar-refractivity contribution in [3.8, 4) is 0 Å².